The van der Waals surface area contributed by atoms with Crippen molar-refractivity contribution >= 4 is 22.5 Å². The van der Waals surface area contributed by atoms with E-state index < -0.39 is 23.3 Å². The minimum absolute atomic E-state index is 0.0838. The number of benzene rings is 2. The summed E-state index contributed by atoms with van der Waals surface area (Å²) in [5.41, 5.74) is 6.82. The molecule has 3 heterocycles. The Kier molecular flexibility index (Phi) is 5.93. The molecule has 11 heteroatoms. The first-order valence-corrected chi connectivity index (χ1v) is 11.7. The molecule has 0 saturated carbocycles. The van der Waals surface area contributed by atoms with Crippen molar-refractivity contribution in [3.05, 3.63) is 84.7 Å². The van der Waals surface area contributed by atoms with Crippen LogP contribution in [0.25, 0.3) is 33.5 Å². The van der Waals surface area contributed by atoms with Gasteiger partial charge in [0, 0.05) is 35.4 Å². The Morgan fingerprint density at radius 3 is 2.50 bits per heavy atom. The van der Waals surface area contributed by atoms with Crippen LogP contribution in [0.2, 0.25) is 0 Å². The summed E-state index contributed by atoms with van der Waals surface area (Å²) in [5, 5.41) is 7.11. The van der Waals surface area contributed by atoms with Gasteiger partial charge in [-0.15, -0.1) is 0 Å². The number of carbonyl (C=O) groups excluding carboxylic acids is 1. The largest absolute Gasteiger partial charge is 0.435 e. The van der Waals surface area contributed by atoms with Gasteiger partial charge in [0.15, 0.2) is 5.69 Å². The van der Waals surface area contributed by atoms with Crippen LogP contribution in [-0.2, 0) is 6.18 Å². The minimum atomic E-state index is -4.73. The Hall–Kier alpha value is -4.67. The predicted molar refractivity (Wildman–Crippen MR) is 138 cm³/mol. The molecule has 1 amide bonds. The number of anilines is 1. The molecule has 0 saturated heterocycles. The Bertz CT molecular complexity index is 1650. The lowest BCUT2D eigenvalue weighted by molar-refractivity contribution is -0.140. The molecular formula is C27H24F3N7O. The van der Waals surface area contributed by atoms with Gasteiger partial charge in [-0.3, -0.25) is 9.78 Å². The molecule has 0 aliphatic heterocycles. The van der Waals surface area contributed by atoms with Crippen molar-refractivity contribution in [2.75, 3.05) is 5.32 Å². The molecule has 0 atom stereocenters. The third-order valence-corrected chi connectivity index (χ3v) is 5.79. The Morgan fingerprint density at radius 1 is 1.05 bits per heavy atom. The Morgan fingerprint density at radius 2 is 1.84 bits per heavy atom. The summed E-state index contributed by atoms with van der Waals surface area (Å²) >= 11 is 0. The summed E-state index contributed by atoms with van der Waals surface area (Å²) in [6.45, 7) is 5.69. The smallest absolute Gasteiger partial charge is 0.380 e. The van der Waals surface area contributed by atoms with Crippen LogP contribution in [0.3, 0.4) is 0 Å². The lowest BCUT2D eigenvalue weighted by Crippen LogP contribution is -2.28. The van der Waals surface area contributed by atoms with Crippen molar-refractivity contribution in [2.24, 2.45) is 5.73 Å². The van der Waals surface area contributed by atoms with Gasteiger partial charge >= 0.3 is 6.18 Å². The number of primary amides is 1. The highest BCUT2D eigenvalue weighted by Gasteiger charge is 2.38. The predicted octanol–water partition coefficient (Wildman–Crippen LogP) is 5.60. The fourth-order valence-electron chi connectivity index (χ4n) is 4.27. The number of carbonyl (C=O) groups is 1. The van der Waals surface area contributed by atoms with E-state index in [0.717, 1.165) is 5.56 Å². The van der Waals surface area contributed by atoms with E-state index in [2.05, 4.69) is 20.4 Å². The summed E-state index contributed by atoms with van der Waals surface area (Å²) in [4.78, 5) is 20.4. The number of halogens is 3. The zero-order chi connectivity index (χ0) is 27.2. The number of alkyl halides is 3. The van der Waals surface area contributed by atoms with Crippen LogP contribution in [0.15, 0.2) is 73.4 Å². The standard InChI is InChI=1S/C27H24F3N7O/c1-26(2,3)34-19-12-17(9-10-18(19)25(31)38)37-22-8-4-7-21(23(22)24(35-37)27(28,29)30)36-14-20(33-15-36)16-6-5-11-32-13-16/h4-15,34H,1-3H3,(H2,31,38). The molecule has 38 heavy (non-hydrogen) atoms. The normalized spacial score (nSPS) is 12.2. The minimum Gasteiger partial charge on any atom is -0.380 e. The van der Waals surface area contributed by atoms with Gasteiger partial charge in [0.25, 0.3) is 5.91 Å². The topological polar surface area (TPSA) is 104 Å². The third kappa shape index (κ3) is 4.70. The number of pyridine rings is 1. The van der Waals surface area contributed by atoms with E-state index in [1.165, 1.54) is 27.7 Å². The number of hydrogen-bond acceptors (Lipinski definition) is 5. The van der Waals surface area contributed by atoms with Crippen molar-refractivity contribution < 1.29 is 18.0 Å². The monoisotopic (exact) mass is 519 g/mol. The van der Waals surface area contributed by atoms with Gasteiger partial charge in [-0.05, 0) is 63.2 Å². The molecule has 5 rings (SSSR count). The molecule has 2 aromatic carbocycles. The van der Waals surface area contributed by atoms with Gasteiger partial charge in [-0.25, -0.2) is 9.67 Å². The van der Waals surface area contributed by atoms with Crippen LogP contribution in [-0.4, -0.2) is 35.8 Å². The van der Waals surface area contributed by atoms with Crippen LogP contribution < -0.4 is 11.1 Å². The zero-order valence-electron chi connectivity index (χ0n) is 20.8. The summed E-state index contributed by atoms with van der Waals surface area (Å²) in [6, 6.07) is 13.0. The molecule has 194 valence electrons. The van der Waals surface area contributed by atoms with Crippen molar-refractivity contribution in [3.63, 3.8) is 0 Å². The highest BCUT2D eigenvalue weighted by Crippen LogP contribution is 2.38. The first-order valence-electron chi connectivity index (χ1n) is 11.7. The number of nitrogens with two attached hydrogens (primary N) is 1. The van der Waals surface area contributed by atoms with Crippen LogP contribution in [0, 0.1) is 0 Å². The van der Waals surface area contributed by atoms with Crippen molar-refractivity contribution in [3.8, 4) is 22.6 Å². The van der Waals surface area contributed by atoms with E-state index >= 15 is 0 Å². The molecule has 0 bridgehead atoms. The van der Waals surface area contributed by atoms with Gasteiger partial charge < -0.3 is 15.6 Å². The van der Waals surface area contributed by atoms with Crippen LogP contribution in [0.4, 0.5) is 18.9 Å². The Balaban J connectivity index is 1.71. The van der Waals surface area contributed by atoms with Crippen LogP contribution in [0.5, 0.6) is 0 Å². The number of rotatable bonds is 5. The maximum absolute atomic E-state index is 14.3. The number of fused-ring (bicyclic) bond motifs is 1. The number of amides is 1. The van der Waals surface area contributed by atoms with Gasteiger partial charge in [0.2, 0.25) is 0 Å². The highest BCUT2D eigenvalue weighted by molar-refractivity contribution is 5.99. The molecule has 0 spiro atoms. The first-order chi connectivity index (χ1) is 17.9. The molecule has 0 aliphatic carbocycles. The molecule has 0 radical (unpaired) electrons. The van der Waals surface area contributed by atoms with Crippen molar-refractivity contribution in [2.45, 2.75) is 32.5 Å². The molecule has 0 unspecified atom stereocenters. The van der Waals surface area contributed by atoms with Gasteiger partial charge in [0.05, 0.1) is 39.9 Å². The zero-order valence-corrected chi connectivity index (χ0v) is 20.8. The van der Waals surface area contributed by atoms with Crippen LogP contribution in [0.1, 0.15) is 36.8 Å². The highest BCUT2D eigenvalue weighted by atomic mass is 19.4. The molecule has 0 fully saturated rings. The molecule has 8 nitrogen and oxygen atoms in total. The van der Waals surface area contributed by atoms with E-state index in [4.69, 9.17) is 5.73 Å². The van der Waals surface area contributed by atoms with E-state index in [1.54, 1.807) is 48.9 Å². The Labute approximate surface area is 215 Å². The second-order valence-electron chi connectivity index (χ2n) is 9.81. The fraction of sp³-hybridized carbons (Fsp3) is 0.185. The molecule has 3 N–H and O–H groups in total. The van der Waals surface area contributed by atoms with E-state index in [-0.39, 0.29) is 22.2 Å². The second-order valence-corrected chi connectivity index (χ2v) is 9.81. The molecular weight excluding hydrogens is 495 g/mol. The van der Waals surface area contributed by atoms with E-state index in [0.29, 0.717) is 17.1 Å². The van der Waals surface area contributed by atoms with Crippen molar-refractivity contribution in [1.82, 2.24) is 24.3 Å². The average molecular weight is 520 g/mol. The fourth-order valence-corrected chi connectivity index (χ4v) is 4.27. The summed E-state index contributed by atoms with van der Waals surface area (Å²) < 4.78 is 45.7. The number of hydrogen-bond donors (Lipinski definition) is 2. The molecule has 3 aromatic heterocycles. The van der Waals surface area contributed by atoms with E-state index in [1.807, 2.05) is 26.8 Å². The summed E-state index contributed by atoms with van der Waals surface area (Å²) in [7, 11) is 0. The van der Waals surface area contributed by atoms with Crippen molar-refractivity contribution in [1.29, 1.82) is 0 Å². The maximum Gasteiger partial charge on any atom is 0.435 e. The maximum atomic E-state index is 14.3. The first kappa shape index (κ1) is 25.0. The lowest BCUT2D eigenvalue weighted by Gasteiger charge is -2.24. The average Bonchev–Trinajstić information content (AvgIpc) is 3.49. The van der Waals surface area contributed by atoms with Gasteiger partial charge in [-0.1, -0.05) is 6.07 Å². The van der Waals surface area contributed by atoms with Crippen LogP contribution >= 0.6 is 0 Å². The van der Waals surface area contributed by atoms with Gasteiger partial charge in [-0.2, -0.15) is 18.3 Å². The second kappa shape index (κ2) is 9.02. The number of nitrogens with zero attached hydrogens (tertiary/aromatic N) is 5. The lowest BCUT2D eigenvalue weighted by atomic mass is 10.1. The van der Waals surface area contributed by atoms with Gasteiger partial charge in [0.1, 0.15) is 0 Å². The number of nitrogens with one attached hydrogen (secondary N) is 1. The summed E-state index contributed by atoms with van der Waals surface area (Å²) in [5.74, 6) is -0.656. The summed E-state index contributed by atoms with van der Waals surface area (Å²) in [6.07, 6.45) is 1.64. The SMILES string of the molecule is CC(C)(C)Nc1cc(-n2nc(C(F)(F)F)c3c(-n4cnc(-c5cccnc5)c4)cccc32)ccc1C(N)=O. The van der Waals surface area contributed by atoms with E-state index in [9.17, 15) is 18.0 Å². The quantitative estimate of drug-likeness (QED) is 0.315. The molecule has 0 aliphatic rings. The number of imidazole rings is 1. The number of aromatic nitrogens is 5. The molecule has 5 aromatic rings. The third-order valence-electron chi connectivity index (χ3n) is 5.79.